The molecule has 2 aromatic rings. The van der Waals surface area contributed by atoms with Gasteiger partial charge in [0.2, 0.25) is 5.91 Å². The highest BCUT2D eigenvalue weighted by Crippen LogP contribution is 2.37. The number of hydrogen-bond acceptors (Lipinski definition) is 6. The van der Waals surface area contributed by atoms with Crippen LogP contribution in [0.4, 0.5) is 0 Å². The Bertz CT molecular complexity index is 820. The summed E-state index contributed by atoms with van der Waals surface area (Å²) >= 11 is 3.19. The van der Waals surface area contributed by atoms with E-state index in [0.29, 0.717) is 13.0 Å². The number of aromatic nitrogens is 3. The number of thiophene rings is 1. The quantitative estimate of drug-likeness (QED) is 0.581. The number of rotatable bonds is 7. The number of carbonyl (C=O) groups excluding carboxylic acids is 1. The maximum Gasteiger partial charge on any atom is 0.230 e. The third-order valence-electron chi connectivity index (χ3n) is 4.71. The number of fused-ring (bicyclic) bond motifs is 1. The van der Waals surface area contributed by atoms with Crippen LogP contribution in [0.1, 0.15) is 36.6 Å². The van der Waals surface area contributed by atoms with E-state index in [1.54, 1.807) is 0 Å². The van der Waals surface area contributed by atoms with Crippen molar-refractivity contribution in [2.24, 2.45) is 13.0 Å². The van der Waals surface area contributed by atoms with Crippen LogP contribution < -0.4 is 5.32 Å². The maximum absolute atomic E-state index is 11.8. The van der Waals surface area contributed by atoms with Gasteiger partial charge >= 0.3 is 0 Å². The Hall–Kier alpha value is -1.85. The SMILES string of the molecule is CC[C@H]1CCc2sc(-c3nnc(SCC(=O)NCCC#N)n3C)cc2C1. The van der Waals surface area contributed by atoms with Crippen molar-refractivity contribution in [1.82, 2.24) is 20.1 Å². The summed E-state index contributed by atoms with van der Waals surface area (Å²) < 4.78 is 1.96. The fourth-order valence-corrected chi connectivity index (χ4v) is 5.12. The van der Waals surface area contributed by atoms with E-state index >= 15 is 0 Å². The lowest BCUT2D eigenvalue weighted by atomic mass is 9.87. The molecule has 8 heteroatoms. The molecule has 1 aliphatic carbocycles. The Morgan fingerprint density at radius 2 is 2.38 bits per heavy atom. The van der Waals surface area contributed by atoms with Crippen LogP contribution >= 0.6 is 23.1 Å². The zero-order valence-corrected chi connectivity index (χ0v) is 16.8. The molecule has 0 bridgehead atoms. The first-order chi connectivity index (χ1) is 12.6. The van der Waals surface area contributed by atoms with Gasteiger partial charge in [0.25, 0.3) is 0 Å². The summed E-state index contributed by atoms with van der Waals surface area (Å²) in [6.07, 6.45) is 5.19. The van der Waals surface area contributed by atoms with Crippen molar-refractivity contribution in [3.8, 4) is 16.8 Å². The highest BCUT2D eigenvalue weighted by Gasteiger charge is 2.22. The van der Waals surface area contributed by atoms with Gasteiger partial charge in [-0.1, -0.05) is 25.1 Å². The standard InChI is InChI=1S/C18H23N5OS2/c1-3-12-5-6-14-13(9-12)10-15(26-14)17-21-22-18(23(17)2)25-11-16(24)20-8-4-7-19/h10,12H,3-6,8-9,11H2,1-2H3,(H,20,24)/t12-/m0/s1. The molecule has 0 aromatic carbocycles. The van der Waals surface area contributed by atoms with Crippen molar-refractivity contribution in [2.45, 2.75) is 44.2 Å². The highest BCUT2D eigenvalue weighted by atomic mass is 32.2. The lowest BCUT2D eigenvalue weighted by Gasteiger charge is -2.19. The molecule has 0 spiro atoms. The van der Waals surface area contributed by atoms with Gasteiger partial charge in [-0.25, -0.2) is 0 Å². The molecular formula is C18H23N5OS2. The van der Waals surface area contributed by atoms with Gasteiger partial charge < -0.3 is 9.88 Å². The van der Waals surface area contributed by atoms with Crippen LogP contribution in [0.2, 0.25) is 0 Å². The minimum Gasteiger partial charge on any atom is -0.354 e. The lowest BCUT2D eigenvalue weighted by Crippen LogP contribution is -2.26. The molecule has 0 radical (unpaired) electrons. The van der Waals surface area contributed by atoms with Crippen molar-refractivity contribution in [1.29, 1.82) is 5.26 Å². The van der Waals surface area contributed by atoms with Gasteiger partial charge in [0.05, 0.1) is 23.1 Å². The van der Waals surface area contributed by atoms with E-state index in [1.807, 2.05) is 29.0 Å². The van der Waals surface area contributed by atoms with Gasteiger partial charge in [-0.2, -0.15) is 5.26 Å². The van der Waals surface area contributed by atoms with Gasteiger partial charge in [-0.15, -0.1) is 21.5 Å². The number of nitrogens with zero attached hydrogens (tertiary/aromatic N) is 4. The molecule has 0 saturated carbocycles. The van der Waals surface area contributed by atoms with E-state index in [9.17, 15) is 4.79 Å². The van der Waals surface area contributed by atoms with Crippen molar-refractivity contribution in [2.75, 3.05) is 12.3 Å². The minimum atomic E-state index is -0.0907. The van der Waals surface area contributed by atoms with E-state index in [-0.39, 0.29) is 11.7 Å². The number of amides is 1. The van der Waals surface area contributed by atoms with Crippen LogP contribution in [0.3, 0.4) is 0 Å². The van der Waals surface area contributed by atoms with Crippen LogP contribution in [0.15, 0.2) is 11.2 Å². The van der Waals surface area contributed by atoms with Crippen LogP contribution in [-0.2, 0) is 24.7 Å². The summed E-state index contributed by atoms with van der Waals surface area (Å²) in [5.74, 6) is 1.85. The fraction of sp³-hybridized carbons (Fsp3) is 0.556. The van der Waals surface area contributed by atoms with Gasteiger partial charge in [-0.3, -0.25) is 4.79 Å². The number of nitriles is 1. The molecular weight excluding hydrogens is 366 g/mol. The molecule has 1 N–H and O–H groups in total. The smallest absolute Gasteiger partial charge is 0.230 e. The molecule has 1 atom stereocenters. The summed E-state index contributed by atoms with van der Waals surface area (Å²) in [6.45, 7) is 2.66. The molecule has 0 saturated heterocycles. The summed E-state index contributed by atoms with van der Waals surface area (Å²) in [6, 6.07) is 4.28. The topological polar surface area (TPSA) is 83.6 Å². The third kappa shape index (κ3) is 4.27. The Kier molecular flexibility index (Phi) is 6.33. The first-order valence-corrected chi connectivity index (χ1v) is 10.7. The molecule has 2 heterocycles. The van der Waals surface area contributed by atoms with Gasteiger partial charge in [-0.05, 0) is 36.8 Å². The Morgan fingerprint density at radius 1 is 1.54 bits per heavy atom. The van der Waals surface area contributed by atoms with Crippen LogP contribution in [0.5, 0.6) is 0 Å². The first-order valence-electron chi connectivity index (χ1n) is 8.90. The predicted octanol–water partition coefficient (Wildman–Crippen LogP) is 3.18. The normalized spacial score (nSPS) is 16.1. The van der Waals surface area contributed by atoms with Gasteiger partial charge in [0.1, 0.15) is 0 Å². The molecule has 26 heavy (non-hydrogen) atoms. The fourth-order valence-electron chi connectivity index (χ4n) is 3.15. The number of nitrogens with one attached hydrogen (secondary N) is 1. The van der Waals surface area contributed by atoms with E-state index in [1.165, 1.54) is 47.9 Å². The maximum atomic E-state index is 11.8. The Morgan fingerprint density at radius 3 is 3.15 bits per heavy atom. The van der Waals surface area contributed by atoms with E-state index in [4.69, 9.17) is 5.26 Å². The van der Waals surface area contributed by atoms with Crippen LogP contribution in [0.25, 0.3) is 10.7 Å². The van der Waals surface area contributed by atoms with Gasteiger partial charge in [0.15, 0.2) is 11.0 Å². The number of thioether (sulfide) groups is 1. The average molecular weight is 390 g/mol. The summed E-state index contributed by atoms with van der Waals surface area (Å²) in [5.41, 5.74) is 1.47. The molecule has 1 amide bonds. The molecule has 6 nitrogen and oxygen atoms in total. The number of aryl methyl sites for hydroxylation is 1. The van der Waals surface area contributed by atoms with Gasteiger partial charge in [0, 0.05) is 18.5 Å². The van der Waals surface area contributed by atoms with Crippen molar-refractivity contribution >= 4 is 29.0 Å². The summed E-state index contributed by atoms with van der Waals surface area (Å²) in [4.78, 5) is 14.4. The highest BCUT2D eigenvalue weighted by molar-refractivity contribution is 7.99. The molecule has 0 unspecified atom stereocenters. The molecule has 2 aromatic heterocycles. The van der Waals surface area contributed by atoms with E-state index in [0.717, 1.165) is 21.8 Å². The third-order valence-corrected chi connectivity index (χ3v) is 6.96. The van der Waals surface area contributed by atoms with Crippen molar-refractivity contribution < 1.29 is 4.79 Å². The monoisotopic (exact) mass is 389 g/mol. The summed E-state index contributed by atoms with van der Waals surface area (Å²) in [7, 11) is 1.94. The minimum absolute atomic E-state index is 0.0907. The Balaban J connectivity index is 1.65. The zero-order chi connectivity index (χ0) is 18.5. The number of hydrogen-bond donors (Lipinski definition) is 1. The Labute approximate surface area is 162 Å². The molecule has 1 aliphatic rings. The first kappa shape index (κ1) is 18.9. The lowest BCUT2D eigenvalue weighted by molar-refractivity contribution is -0.118. The second-order valence-corrected chi connectivity index (χ2v) is 8.57. The van der Waals surface area contributed by atoms with Crippen molar-refractivity contribution in [3.05, 3.63) is 16.5 Å². The van der Waals surface area contributed by atoms with Crippen LogP contribution in [-0.4, -0.2) is 33.0 Å². The zero-order valence-electron chi connectivity index (χ0n) is 15.1. The molecule has 0 fully saturated rings. The largest absolute Gasteiger partial charge is 0.354 e. The number of carbonyl (C=O) groups is 1. The van der Waals surface area contributed by atoms with E-state index < -0.39 is 0 Å². The van der Waals surface area contributed by atoms with E-state index in [2.05, 4.69) is 28.5 Å². The second-order valence-electron chi connectivity index (χ2n) is 6.49. The van der Waals surface area contributed by atoms with Crippen molar-refractivity contribution in [3.63, 3.8) is 0 Å². The average Bonchev–Trinajstić information content (AvgIpc) is 3.22. The molecule has 138 valence electrons. The predicted molar refractivity (Wildman–Crippen MR) is 104 cm³/mol. The van der Waals surface area contributed by atoms with Crippen LogP contribution in [0, 0.1) is 17.2 Å². The summed E-state index contributed by atoms with van der Waals surface area (Å²) in [5, 5.41) is 20.5. The second kappa shape index (κ2) is 8.69. The molecule has 0 aliphatic heterocycles. The molecule has 3 rings (SSSR count).